The molecule has 19 heavy (non-hydrogen) atoms. The van der Waals surface area contributed by atoms with E-state index in [-0.39, 0.29) is 5.91 Å². The molecule has 3 saturated heterocycles. The van der Waals surface area contributed by atoms with Crippen LogP contribution in [0.15, 0.2) is 24.3 Å². The fourth-order valence-corrected chi connectivity index (χ4v) is 3.25. The molecule has 0 spiro atoms. The molecule has 4 heteroatoms. The highest BCUT2D eigenvalue weighted by Gasteiger charge is 2.34. The van der Waals surface area contributed by atoms with Crippen LogP contribution in [0.1, 0.15) is 18.4 Å². The third-order valence-electron chi connectivity index (χ3n) is 4.41. The molecule has 3 aliphatic rings. The van der Waals surface area contributed by atoms with Crippen molar-refractivity contribution in [2.24, 2.45) is 5.92 Å². The van der Waals surface area contributed by atoms with Gasteiger partial charge in [0, 0.05) is 18.3 Å². The van der Waals surface area contributed by atoms with Gasteiger partial charge in [-0.15, -0.1) is 0 Å². The number of hydrogen-bond acceptors (Lipinski definition) is 3. The van der Waals surface area contributed by atoms with Gasteiger partial charge in [-0.2, -0.15) is 0 Å². The van der Waals surface area contributed by atoms with Gasteiger partial charge in [-0.25, -0.2) is 0 Å². The number of nitrogens with two attached hydrogens (primary N) is 1. The van der Waals surface area contributed by atoms with Gasteiger partial charge >= 0.3 is 0 Å². The SMILES string of the molecule is Nc1ccccc1CC(=O)NC1CN2CCC1CC2. The molecule has 1 aromatic rings. The minimum absolute atomic E-state index is 0.0941. The Hall–Kier alpha value is -1.55. The monoisotopic (exact) mass is 259 g/mol. The molecule has 1 aromatic carbocycles. The number of benzene rings is 1. The van der Waals surface area contributed by atoms with E-state index in [1.807, 2.05) is 24.3 Å². The van der Waals surface area contributed by atoms with Crippen molar-refractivity contribution in [3.63, 3.8) is 0 Å². The van der Waals surface area contributed by atoms with Crippen LogP contribution in [0.4, 0.5) is 5.69 Å². The van der Waals surface area contributed by atoms with Crippen molar-refractivity contribution < 1.29 is 4.79 Å². The Bertz CT molecular complexity index is 466. The molecule has 1 amide bonds. The minimum Gasteiger partial charge on any atom is -0.398 e. The number of carbonyl (C=O) groups excluding carboxylic acids is 1. The van der Waals surface area contributed by atoms with E-state index in [0.29, 0.717) is 24.1 Å². The zero-order valence-corrected chi connectivity index (χ0v) is 11.1. The molecule has 1 atom stereocenters. The average molecular weight is 259 g/mol. The molecular formula is C15H21N3O. The Kier molecular flexibility index (Phi) is 3.42. The van der Waals surface area contributed by atoms with Crippen molar-refractivity contribution in [2.45, 2.75) is 25.3 Å². The summed E-state index contributed by atoms with van der Waals surface area (Å²) in [5.74, 6) is 0.763. The number of carbonyl (C=O) groups is 1. The van der Waals surface area contributed by atoms with E-state index in [1.165, 1.54) is 25.9 Å². The lowest BCUT2D eigenvalue weighted by Gasteiger charge is -2.44. The Labute approximate surface area is 114 Å². The number of hydrogen-bond donors (Lipinski definition) is 2. The van der Waals surface area contributed by atoms with Crippen LogP contribution in [0.25, 0.3) is 0 Å². The van der Waals surface area contributed by atoms with Crippen LogP contribution in [0, 0.1) is 5.92 Å². The summed E-state index contributed by atoms with van der Waals surface area (Å²) in [5.41, 5.74) is 7.49. The Balaban J connectivity index is 1.58. The maximum atomic E-state index is 12.1. The first-order valence-electron chi connectivity index (χ1n) is 7.07. The maximum absolute atomic E-state index is 12.1. The minimum atomic E-state index is 0.0941. The van der Waals surface area contributed by atoms with E-state index in [0.717, 1.165) is 12.1 Å². The van der Waals surface area contributed by atoms with Gasteiger partial charge in [-0.3, -0.25) is 4.79 Å². The highest BCUT2D eigenvalue weighted by Crippen LogP contribution is 2.27. The van der Waals surface area contributed by atoms with Gasteiger partial charge in [-0.05, 0) is 43.5 Å². The Morgan fingerprint density at radius 1 is 1.32 bits per heavy atom. The second kappa shape index (κ2) is 5.21. The summed E-state index contributed by atoms with van der Waals surface area (Å²) in [4.78, 5) is 14.6. The molecular weight excluding hydrogens is 238 g/mol. The van der Waals surface area contributed by atoms with E-state index < -0.39 is 0 Å². The van der Waals surface area contributed by atoms with Crippen molar-refractivity contribution >= 4 is 11.6 Å². The number of nitrogens with one attached hydrogen (secondary N) is 1. The number of amides is 1. The lowest BCUT2D eigenvalue weighted by Crippen LogP contribution is -2.57. The average Bonchev–Trinajstić information content (AvgIpc) is 2.43. The summed E-state index contributed by atoms with van der Waals surface area (Å²) in [6.07, 6.45) is 2.83. The molecule has 0 radical (unpaired) electrons. The Morgan fingerprint density at radius 3 is 2.68 bits per heavy atom. The van der Waals surface area contributed by atoms with Crippen LogP contribution in [-0.2, 0) is 11.2 Å². The quantitative estimate of drug-likeness (QED) is 0.797. The van der Waals surface area contributed by atoms with Crippen LogP contribution in [-0.4, -0.2) is 36.5 Å². The lowest BCUT2D eigenvalue weighted by molar-refractivity contribution is -0.122. The smallest absolute Gasteiger partial charge is 0.224 e. The highest BCUT2D eigenvalue weighted by atomic mass is 16.1. The summed E-state index contributed by atoms with van der Waals surface area (Å²) >= 11 is 0. The van der Waals surface area contributed by atoms with Gasteiger partial charge in [0.2, 0.25) is 5.91 Å². The standard InChI is InChI=1S/C15H21N3O/c16-13-4-2-1-3-12(13)9-15(19)17-14-10-18-7-5-11(14)6-8-18/h1-4,11,14H,5-10,16H2,(H,17,19). The first-order valence-corrected chi connectivity index (χ1v) is 7.07. The summed E-state index contributed by atoms with van der Waals surface area (Å²) < 4.78 is 0. The number of piperidine rings is 3. The predicted octanol–water partition coefficient (Wildman–Crippen LogP) is 1.02. The second-order valence-electron chi connectivity index (χ2n) is 5.69. The maximum Gasteiger partial charge on any atom is 0.224 e. The van der Waals surface area contributed by atoms with E-state index >= 15 is 0 Å². The summed E-state index contributed by atoms with van der Waals surface area (Å²) in [6.45, 7) is 3.41. The van der Waals surface area contributed by atoms with Crippen molar-refractivity contribution in [1.29, 1.82) is 0 Å². The van der Waals surface area contributed by atoms with E-state index in [9.17, 15) is 4.79 Å². The molecule has 3 N–H and O–H groups in total. The van der Waals surface area contributed by atoms with Crippen molar-refractivity contribution in [2.75, 3.05) is 25.4 Å². The van der Waals surface area contributed by atoms with Crippen molar-refractivity contribution in [3.8, 4) is 0 Å². The molecule has 0 aliphatic carbocycles. The first kappa shape index (κ1) is 12.5. The molecule has 0 saturated carbocycles. The molecule has 102 valence electrons. The zero-order valence-electron chi connectivity index (χ0n) is 11.1. The largest absolute Gasteiger partial charge is 0.398 e. The summed E-state index contributed by atoms with van der Waals surface area (Å²) in [6, 6.07) is 7.92. The van der Waals surface area contributed by atoms with Gasteiger partial charge in [0.15, 0.2) is 0 Å². The van der Waals surface area contributed by atoms with E-state index in [1.54, 1.807) is 0 Å². The summed E-state index contributed by atoms with van der Waals surface area (Å²) in [5, 5.41) is 3.19. The molecule has 2 bridgehead atoms. The van der Waals surface area contributed by atoms with Gasteiger partial charge in [0.05, 0.1) is 6.42 Å². The topological polar surface area (TPSA) is 58.4 Å². The zero-order chi connectivity index (χ0) is 13.2. The molecule has 4 nitrogen and oxygen atoms in total. The molecule has 3 fully saturated rings. The number of anilines is 1. The van der Waals surface area contributed by atoms with Crippen LogP contribution in [0.3, 0.4) is 0 Å². The molecule has 3 aliphatic heterocycles. The predicted molar refractivity (Wildman–Crippen MR) is 75.7 cm³/mol. The second-order valence-corrected chi connectivity index (χ2v) is 5.69. The fraction of sp³-hybridized carbons (Fsp3) is 0.533. The number of nitrogen functional groups attached to an aromatic ring is 1. The van der Waals surface area contributed by atoms with Crippen LogP contribution in [0.2, 0.25) is 0 Å². The van der Waals surface area contributed by atoms with E-state index in [2.05, 4.69) is 10.2 Å². The summed E-state index contributed by atoms with van der Waals surface area (Å²) in [7, 11) is 0. The normalized spacial score (nSPS) is 29.2. The first-order chi connectivity index (χ1) is 9.22. The Morgan fingerprint density at radius 2 is 2.05 bits per heavy atom. The van der Waals surface area contributed by atoms with E-state index in [4.69, 9.17) is 5.73 Å². The van der Waals surface area contributed by atoms with Crippen LogP contribution in [0.5, 0.6) is 0 Å². The van der Waals surface area contributed by atoms with Crippen molar-refractivity contribution in [3.05, 3.63) is 29.8 Å². The fourth-order valence-electron chi connectivity index (χ4n) is 3.25. The molecule has 4 rings (SSSR count). The molecule has 0 aromatic heterocycles. The van der Waals surface area contributed by atoms with Gasteiger partial charge in [0.1, 0.15) is 0 Å². The van der Waals surface area contributed by atoms with Gasteiger partial charge in [-0.1, -0.05) is 18.2 Å². The van der Waals surface area contributed by atoms with Gasteiger partial charge in [0.25, 0.3) is 0 Å². The number of para-hydroxylation sites is 1. The number of rotatable bonds is 3. The van der Waals surface area contributed by atoms with Crippen LogP contribution < -0.4 is 11.1 Å². The van der Waals surface area contributed by atoms with Crippen molar-refractivity contribution in [1.82, 2.24) is 10.2 Å². The molecule has 1 unspecified atom stereocenters. The highest BCUT2D eigenvalue weighted by molar-refractivity contribution is 5.80. The molecule has 3 heterocycles. The number of fused-ring (bicyclic) bond motifs is 3. The lowest BCUT2D eigenvalue weighted by atomic mass is 9.84. The number of nitrogens with zero attached hydrogens (tertiary/aromatic N) is 1. The third kappa shape index (κ3) is 2.73. The third-order valence-corrected chi connectivity index (χ3v) is 4.41. The van der Waals surface area contributed by atoms with Crippen LogP contribution >= 0.6 is 0 Å². The van der Waals surface area contributed by atoms with Gasteiger partial charge < -0.3 is 16.0 Å².